The van der Waals surface area contributed by atoms with E-state index in [1.807, 2.05) is 0 Å². The largest absolute Gasteiger partial charge is 0.0753 e. The van der Waals surface area contributed by atoms with Gasteiger partial charge in [0, 0.05) is 0 Å². The van der Waals surface area contributed by atoms with Gasteiger partial charge in [-0.25, -0.2) is 0 Å². The molecule has 0 nitrogen and oxygen atoms in total. The predicted octanol–water partition coefficient (Wildman–Crippen LogP) is 4.72. The summed E-state index contributed by atoms with van der Waals surface area (Å²) in [6, 6.07) is 8.89. The number of fused-ring (bicyclic) bond motifs is 1. The standard InChI is InChI=1S/C17H25B/c1-16(2,3)17(18)12-7-6-10-14-8-4-5-9-15(14)11-13-17/h4-5,8-9H,6-7,10-13H2,1-3H3. The van der Waals surface area contributed by atoms with Gasteiger partial charge in [0.2, 0.25) is 0 Å². The van der Waals surface area contributed by atoms with Crippen molar-refractivity contribution in [1.82, 2.24) is 0 Å². The zero-order valence-corrected chi connectivity index (χ0v) is 12.1. The summed E-state index contributed by atoms with van der Waals surface area (Å²) in [5.41, 5.74) is 3.24. The minimum atomic E-state index is -0.0234. The third-order valence-electron chi connectivity index (χ3n) is 4.77. The molecule has 1 aromatic carbocycles. The van der Waals surface area contributed by atoms with Crippen molar-refractivity contribution in [2.45, 2.75) is 64.6 Å². The van der Waals surface area contributed by atoms with Crippen LogP contribution in [0.1, 0.15) is 57.6 Å². The number of aryl methyl sites for hydroxylation is 2. The summed E-state index contributed by atoms with van der Waals surface area (Å²) in [6.45, 7) is 6.87. The smallest absolute Gasteiger partial charge is 0.0620 e. The van der Waals surface area contributed by atoms with Crippen molar-refractivity contribution in [3.05, 3.63) is 35.4 Å². The van der Waals surface area contributed by atoms with Crippen LogP contribution in [0, 0.1) is 5.41 Å². The molecule has 0 fully saturated rings. The lowest BCUT2D eigenvalue weighted by atomic mass is 9.50. The molecule has 1 heteroatoms. The molecule has 1 aliphatic rings. The first-order valence-electron chi connectivity index (χ1n) is 7.28. The van der Waals surface area contributed by atoms with Crippen molar-refractivity contribution in [3.8, 4) is 0 Å². The minimum Gasteiger partial charge on any atom is -0.0620 e. The lowest BCUT2D eigenvalue weighted by Gasteiger charge is -2.43. The van der Waals surface area contributed by atoms with Gasteiger partial charge in [0.1, 0.15) is 0 Å². The van der Waals surface area contributed by atoms with E-state index in [2.05, 4.69) is 45.0 Å². The topological polar surface area (TPSA) is 0 Å². The second-order valence-electron chi connectivity index (χ2n) is 6.88. The van der Waals surface area contributed by atoms with Gasteiger partial charge in [-0.2, -0.15) is 0 Å². The first-order chi connectivity index (χ1) is 8.42. The van der Waals surface area contributed by atoms with E-state index in [1.165, 1.54) is 30.4 Å². The van der Waals surface area contributed by atoms with Crippen molar-refractivity contribution in [1.29, 1.82) is 0 Å². The molecule has 0 N–H and O–H groups in total. The molecule has 0 aromatic heterocycles. The maximum Gasteiger partial charge on any atom is 0.0753 e. The fourth-order valence-corrected chi connectivity index (χ4v) is 3.03. The van der Waals surface area contributed by atoms with E-state index in [1.54, 1.807) is 0 Å². The highest BCUT2D eigenvalue weighted by atomic mass is 14.4. The number of hydrogen-bond acceptors (Lipinski definition) is 0. The van der Waals surface area contributed by atoms with Crippen LogP contribution >= 0.6 is 0 Å². The molecule has 1 atom stereocenters. The lowest BCUT2D eigenvalue weighted by Crippen LogP contribution is -2.30. The fourth-order valence-electron chi connectivity index (χ4n) is 3.03. The third-order valence-corrected chi connectivity index (χ3v) is 4.77. The van der Waals surface area contributed by atoms with Crippen molar-refractivity contribution in [2.24, 2.45) is 5.41 Å². The molecule has 1 aliphatic carbocycles. The average molecular weight is 240 g/mol. The molecule has 0 saturated carbocycles. The van der Waals surface area contributed by atoms with Gasteiger partial charge in [0.25, 0.3) is 0 Å². The van der Waals surface area contributed by atoms with E-state index < -0.39 is 0 Å². The van der Waals surface area contributed by atoms with Crippen molar-refractivity contribution < 1.29 is 0 Å². The summed E-state index contributed by atoms with van der Waals surface area (Å²) < 4.78 is 0. The average Bonchev–Trinajstić information content (AvgIpc) is 2.39. The Balaban J connectivity index is 2.24. The summed E-state index contributed by atoms with van der Waals surface area (Å²) in [7, 11) is 6.73. The monoisotopic (exact) mass is 240 g/mol. The van der Waals surface area contributed by atoms with Gasteiger partial charge < -0.3 is 0 Å². The van der Waals surface area contributed by atoms with E-state index in [0.29, 0.717) is 0 Å². The highest BCUT2D eigenvalue weighted by Crippen LogP contribution is 2.50. The van der Waals surface area contributed by atoms with Gasteiger partial charge in [-0.15, -0.1) is 0 Å². The fraction of sp³-hybridized carbons (Fsp3) is 0.647. The van der Waals surface area contributed by atoms with E-state index in [9.17, 15) is 0 Å². The van der Waals surface area contributed by atoms with Crippen LogP contribution in [-0.2, 0) is 12.8 Å². The first kappa shape index (κ1) is 13.7. The van der Waals surface area contributed by atoms with Gasteiger partial charge in [0.15, 0.2) is 0 Å². The summed E-state index contributed by atoms with van der Waals surface area (Å²) in [5, 5.41) is -0.0234. The van der Waals surface area contributed by atoms with Crippen molar-refractivity contribution in [2.75, 3.05) is 0 Å². The van der Waals surface area contributed by atoms with Crippen LogP contribution in [-0.4, -0.2) is 7.85 Å². The Labute approximate surface area is 114 Å². The van der Waals surface area contributed by atoms with Crippen LogP contribution in [0.3, 0.4) is 0 Å². The Morgan fingerprint density at radius 3 is 2.17 bits per heavy atom. The zero-order chi connectivity index (χ0) is 13.2. The highest BCUT2D eigenvalue weighted by Gasteiger charge is 2.36. The highest BCUT2D eigenvalue weighted by molar-refractivity contribution is 6.15. The van der Waals surface area contributed by atoms with E-state index >= 15 is 0 Å². The van der Waals surface area contributed by atoms with Crippen LogP contribution in [0.25, 0.3) is 0 Å². The van der Waals surface area contributed by atoms with E-state index in [4.69, 9.17) is 7.85 Å². The Kier molecular flexibility index (Phi) is 3.89. The second-order valence-corrected chi connectivity index (χ2v) is 6.88. The van der Waals surface area contributed by atoms with Gasteiger partial charge in [-0.1, -0.05) is 69.6 Å². The molecule has 0 heterocycles. The van der Waals surface area contributed by atoms with Gasteiger partial charge in [-0.3, -0.25) is 0 Å². The van der Waals surface area contributed by atoms with Crippen LogP contribution < -0.4 is 0 Å². The minimum absolute atomic E-state index is 0.0234. The number of benzene rings is 1. The van der Waals surface area contributed by atoms with Crippen molar-refractivity contribution in [3.63, 3.8) is 0 Å². The quantitative estimate of drug-likeness (QED) is 0.575. The Hall–Kier alpha value is -0.715. The summed E-state index contributed by atoms with van der Waals surface area (Å²) in [5.74, 6) is 0. The van der Waals surface area contributed by atoms with E-state index in [0.717, 1.165) is 19.3 Å². The van der Waals surface area contributed by atoms with Crippen LogP contribution in [0.5, 0.6) is 0 Å². The molecule has 0 saturated heterocycles. The van der Waals surface area contributed by atoms with Gasteiger partial charge in [-0.05, 0) is 35.8 Å². The molecular formula is C17H25B. The molecule has 0 amide bonds. The molecular weight excluding hydrogens is 215 g/mol. The lowest BCUT2D eigenvalue weighted by molar-refractivity contribution is 0.229. The van der Waals surface area contributed by atoms with Crippen LogP contribution in [0.2, 0.25) is 5.31 Å². The second kappa shape index (κ2) is 5.11. The maximum absolute atomic E-state index is 6.73. The Morgan fingerprint density at radius 2 is 1.56 bits per heavy atom. The molecule has 1 aromatic rings. The molecule has 2 rings (SSSR count). The Morgan fingerprint density at radius 1 is 0.944 bits per heavy atom. The molecule has 0 aliphatic heterocycles. The SMILES string of the molecule is [B]C1(C(C)(C)C)CCCCc2ccccc2CC1. The third kappa shape index (κ3) is 2.82. The molecule has 1 unspecified atom stereocenters. The summed E-state index contributed by atoms with van der Waals surface area (Å²) in [6.07, 6.45) is 7.13. The molecule has 2 radical (unpaired) electrons. The molecule has 0 spiro atoms. The maximum atomic E-state index is 6.73. The molecule has 18 heavy (non-hydrogen) atoms. The van der Waals surface area contributed by atoms with Crippen LogP contribution in [0.4, 0.5) is 0 Å². The van der Waals surface area contributed by atoms with Crippen LogP contribution in [0.15, 0.2) is 24.3 Å². The predicted molar refractivity (Wildman–Crippen MR) is 80.2 cm³/mol. The summed E-state index contributed by atoms with van der Waals surface area (Å²) in [4.78, 5) is 0. The number of rotatable bonds is 0. The first-order valence-corrected chi connectivity index (χ1v) is 7.28. The molecule has 0 bridgehead atoms. The zero-order valence-electron chi connectivity index (χ0n) is 12.1. The summed E-state index contributed by atoms with van der Waals surface area (Å²) >= 11 is 0. The molecule has 96 valence electrons. The Bertz CT molecular complexity index is 402. The van der Waals surface area contributed by atoms with Crippen molar-refractivity contribution >= 4 is 7.85 Å². The number of hydrogen-bond donors (Lipinski definition) is 0. The normalized spacial score (nSPS) is 25.7. The van der Waals surface area contributed by atoms with Gasteiger partial charge >= 0.3 is 0 Å². The van der Waals surface area contributed by atoms with Gasteiger partial charge in [0.05, 0.1) is 7.85 Å². The van der Waals surface area contributed by atoms with E-state index in [-0.39, 0.29) is 10.7 Å².